The van der Waals surface area contributed by atoms with E-state index in [-0.39, 0.29) is 11.5 Å². The third-order valence-electron chi connectivity index (χ3n) is 1.89. The van der Waals surface area contributed by atoms with Gasteiger partial charge in [-0.2, -0.15) is 0 Å². The Morgan fingerprint density at radius 2 is 2.07 bits per heavy atom. The fraction of sp³-hybridized carbons (Fsp3) is 0.333. The van der Waals surface area contributed by atoms with Gasteiger partial charge >= 0.3 is 0 Å². The molecule has 0 atom stereocenters. The monoisotopic (exact) mass is 277 g/mol. The largest absolute Gasteiger partial charge is 0.398 e. The van der Waals surface area contributed by atoms with Crippen molar-refractivity contribution in [2.75, 3.05) is 11.5 Å². The lowest BCUT2D eigenvalue weighted by Gasteiger charge is -2.03. The van der Waals surface area contributed by atoms with Crippen molar-refractivity contribution in [1.82, 2.24) is 0 Å². The average Bonchev–Trinajstić information content (AvgIpc) is 2.11. The minimum atomic E-state index is -2.96. The predicted octanol–water partition coefficient (Wildman–Crippen LogP) is 1.97. The van der Waals surface area contributed by atoms with Crippen molar-refractivity contribution in [2.24, 2.45) is 0 Å². The molecule has 0 fully saturated rings. The van der Waals surface area contributed by atoms with E-state index in [9.17, 15) is 8.42 Å². The number of hydrogen-bond donors (Lipinski definition) is 1. The molecule has 0 saturated heterocycles. The fourth-order valence-corrected chi connectivity index (χ4v) is 2.33. The predicted molar refractivity (Wildman–Crippen MR) is 61.7 cm³/mol. The molecule has 0 aliphatic rings. The first-order valence-electron chi connectivity index (χ1n) is 4.19. The van der Waals surface area contributed by atoms with Crippen molar-refractivity contribution in [3.8, 4) is 0 Å². The summed E-state index contributed by atoms with van der Waals surface area (Å²) >= 11 is 3.26. The van der Waals surface area contributed by atoms with Gasteiger partial charge in [-0.25, -0.2) is 8.42 Å². The average molecular weight is 278 g/mol. The number of nitrogens with two attached hydrogens (primary N) is 1. The van der Waals surface area contributed by atoms with Crippen LogP contribution in [0, 0.1) is 0 Å². The summed E-state index contributed by atoms with van der Waals surface area (Å²) < 4.78 is 23.4. The molecule has 0 radical (unpaired) electrons. The first-order chi connectivity index (χ1) is 6.44. The molecule has 1 aromatic carbocycles. The number of sulfone groups is 1. The number of nitrogen functional groups attached to an aromatic ring is 1. The van der Waals surface area contributed by atoms with Gasteiger partial charge in [-0.3, -0.25) is 0 Å². The van der Waals surface area contributed by atoms with Gasteiger partial charge in [0.2, 0.25) is 0 Å². The Labute approximate surface area is 92.4 Å². The zero-order valence-electron chi connectivity index (χ0n) is 7.83. The van der Waals surface area contributed by atoms with Crippen LogP contribution in [0.5, 0.6) is 0 Å². The molecule has 5 heteroatoms. The summed E-state index contributed by atoms with van der Waals surface area (Å²) in [7, 11) is -2.96. The molecule has 1 rings (SSSR count). The lowest BCUT2D eigenvalue weighted by Crippen LogP contribution is -2.06. The number of hydrogen-bond acceptors (Lipinski definition) is 3. The highest BCUT2D eigenvalue weighted by molar-refractivity contribution is 9.10. The Hall–Kier alpha value is -0.550. The summed E-state index contributed by atoms with van der Waals surface area (Å²) in [6, 6.07) is 5.17. The molecular weight excluding hydrogens is 266 g/mol. The van der Waals surface area contributed by atoms with Crippen molar-refractivity contribution in [1.29, 1.82) is 0 Å². The third kappa shape index (κ3) is 2.99. The summed E-state index contributed by atoms with van der Waals surface area (Å²) in [5.41, 5.74) is 6.96. The van der Waals surface area contributed by atoms with Crippen LogP contribution < -0.4 is 5.73 Å². The molecule has 2 N–H and O–H groups in total. The topological polar surface area (TPSA) is 60.2 Å². The molecule has 0 aromatic heterocycles. The summed E-state index contributed by atoms with van der Waals surface area (Å²) in [5.74, 6) is 0.234. The SMILES string of the molecule is CCS(=O)(=O)Cc1ccc(N)c(Br)c1. The summed E-state index contributed by atoms with van der Waals surface area (Å²) in [4.78, 5) is 0. The lowest BCUT2D eigenvalue weighted by atomic mass is 10.2. The summed E-state index contributed by atoms with van der Waals surface area (Å²) in [5, 5.41) is 0. The summed E-state index contributed by atoms with van der Waals surface area (Å²) in [6.45, 7) is 1.64. The van der Waals surface area contributed by atoms with Gasteiger partial charge in [0, 0.05) is 15.9 Å². The van der Waals surface area contributed by atoms with E-state index in [1.165, 1.54) is 0 Å². The fourth-order valence-electron chi connectivity index (χ4n) is 1.02. The highest BCUT2D eigenvalue weighted by Gasteiger charge is 2.09. The van der Waals surface area contributed by atoms with Gasteiger partial charge in [0.1, 0.15) is 0 Å². The zero-order chi connectivity index (χ0) is 10.8. The number of anilines is 1. The normalized spacial score (nSPS) is 11.6. The van der Waals surface area contributed by atoms with Gasteiger partial charge in [0.05, 0.1) is 5.75 Å². The first-order valence-corrected chi connectivity index (χ1v) is 6.80. The molecule has 0 bridgehead atoms. The molecule has 0 unspecified atom stereocenters. The maximum Gasteiger partial charge on any atom is 0.154 e. The number of benzene rings is 1. The zero-order valence-corrected chi connectivity index (χ0v) is 10.2. The molecule has 0 saturated carbocycles. The second-order valence-corrected chi connectivity index (χ2v) is 6.24. The molecule has 3 nitrogen and oxygen atoms in total. The van der Waals surface area contributed by atoms with Crippen LogP contribution >= 0.6 is 15.9 Å². The molecule has 14 heavy (non-hydrogen) atoms. The van der Waals surface area contributed by atoms with E-state index >= 15 is 0 Å². The third-order valence-corrected chi connectivity index (χ3v) is 4.23. The number of rotatable bonds is 3. The van der Waals surface area contributed by atoms with E-state index in [1.807, 2.05) is 0 Å². The molecule has 0 amide bonds. The summed E-state index contributed by atoms with van der Waals surface area (Å²) in [6.07, 6.45) is 0. The first kappa shape index (κ1) is 11.5. The van der Waals surface area contributed by atoms with E-state index < -0.39 is 9.84 Å². The van der Waals surface area contributed by atoms with Crippen molar-refractivity contribution >= 4 is 31.5 Å². The van der Waals surface area contributed by atoms with E-state index in [0.717, 1.165) is 10.0 Å². The molecule has 0 aliphatic heterocycles. The molecule has 78 valence electrons. The Morgan fingerprint density at radius 3 is 2.57 bits per heavy atom. The van der Waals surface area contributed by atoms with Crippen molar-refractivity contribution in [2.45, 2.75) is 12.7 Å². The van der Waals surface area contributed by atoms with Gasteiger partial charge in [0.25, 0.3) is 0 Å². The highest BCUT2D eigenvalue weighted by atomic mass is 79.9. The smallest absolute Gasteiger partial charge is 0.154 e. The maximum atomic E-state index is 11.3. The van der Waals surface area contributed by atoms with Crippen molar-refractivity contribution < 1.29 is 8.42 Å². The van der Waals surface area contributed by atoms with Crippen molar-refractivity contribution in [3.05, 3.63) is 28.2 Å². The Morgan fingerprint density at radius 1 is 1.43 bits per heavy atom. The molecule has 0 heterocycles. The van der Waals surface area contributed by atoms with Crippen LogP contribution in [-0.4, -0.2) is 14.2 Å². The van der Waals surface area contributed by atoms with Crippen LogP contribution in [0.1, 0.15) is 12.5 Å². The van der Waals surface area contributed by atoms with Gasteiger partial charge in [0.15, 0.2) is 9.84 Å². The van der Waals surface area contributed by atoms with Gasteiger partial charge in [-0.05, 0) is 33.6 Å². The van der Waals surface area contributed by atoms with E-state index in [0.29, 0.717) is 5.69 Å². The van der Waals surface area contributed by atoms with Crippen LogP contribution in [0.4, 0.5) is 5.69 Å². The van der Waals surface area contributed by atoms with Crippen molar-refractivity contribution in [3.63, 3.8) is 0 Å². The van der Waals surface area contributed by atoms with Crippen LogP contribution in [0.25, 0.3) is 0 Å². The Bertz CT molecular complexity index is 428. The highest BCUT2D eigenvalue weighted by Crippen LogP contribution is 2.21. The van der Waals surface area contributed by atoms with E-state index in [1.54, 1.807) is 25.1 Å². The second kappa shape index (κ2) is 4.31. The maximum absolute atomic E-state index is 11.3. The minimum Gasteiger partial charge on any atom is -0.398 e. The molecule has 0 aliphatic carbocycles. The van der Waals surface area contributed by atoms with E-state index in [2.05, 4.69) is 15.9 Å². The standard InChI is InChI=1S/C9H12BrNO2S/c1-2-14(12,13)6-7-3-4-9(11)8(10)5-7/h3-5H,2,6,11H2,1H3. The lowest BCUT2D eigenvalue weighted by molar-refractivity contribution is 0.596. The minimum absolute atomic E-state index is 0.0718. The Balaban J connectivity index is 2.94. The van der Waals surface area contributed by atoms with Gasteiger partial charge < -0.3 is 5.73 Å². The Kier molecular flexibility index (Phi) is 3.55. The van der Waals surface area contributed by atoms with Crippen LogP contribution in [0.3, 0.4) is 0 Å². The van der Waals surface area contributed by atoms with Crippen LogP contribution in [0.2, 0.25) is 0 Å². The quantitative estimate of drug-likeness (QED) is 0.860. The molecule has 0 spiro atoms. The van der Waals surface area contributed by atoms with Gasteiger partial charge in [-0.1, -0.05) is 13.0 Å². The molecule has 1 aromatic rings. The number of halogens is 1. The van der Waals surface area contributed by atoms with Crippen LogP contribution in [-0.2, 0) is 15.6 Å². The van der Waals surface area contributed by atoms with Gasteiger partial charge in [-0.15, -0.1) is 0 Å². The second-order valence-electron chi connectivity index (χ2n) is 3.03. The van der Waals surface area contributed by atoms with Crippen LogP contribution in [0.15, 0.2) is 22.7 Å². The van der Waals surface area contributed by atoms with E-state index in [4.69, 9.17) is 5.73 Å². The molecular formula is C9H12BrNO2S.